The average molecular weight is 411 g/mol. The van der Waals surface area contributed by atoms with Crippen LogP contribution in [0.15, 0.2) is 70.9 Å². The highest BCUT2D eigenvalue weighted by atomic mass is 14.0. The highest BCUT2D eigenvalue weighted by molar-refractivity contribution is 5.18. The lowest BCUT2D eigenvalue weighted by Gasteiger charge is -2.05. The molecular formula is C30H50. The van der Waals surface area contributed by atoms with Gasteiger partial charge in [-0.05, 0) is 98.3 Å². The molecule has 0 atom stereocenters. The Balaban J connectivity index is 4.25. The Labute approximate surface area is 189 Å². The Morgan fingerprint density at radius 2 is 1.20 bits per heavy atom. The maximum atomic E-state index is 4.01. The van der Waals surface area contributed by atoms with E-state index in [4.69, 9.17) is 0 Å². The van der Waals surface area contributed by atoms with E-state index in [1.165, 1.54) is 48.0 Å². The molecule has 0 heterocycles. The molecule has 0 bridgehead atoms. The van der Waals surface area contributed by atoms with Crippen LogP contribution in [0.25, 0.3) is 0 Å². The first kappa shape index (κ1) is 28.4. The van der Waals surface area contributed by atoms with E-state index < -0.39 is 0 Å². The van der Waals surface area contributed by atoms with Gasteiger partial charge in [0.2, 0.25) is 0 Å². The highest BCUT2D eigenvalue weighted by Gasteiger charge is 1.97. The Bertz CT molecular complexity index is 612. The van der Waals surface area contributed by atoms with E-state index in [2.05, 4.69) is 85.4 Å². The fraction of sp³-hybridized carbons (Fsp3) is 0.600. The molecule has 0 saturated carbocycles. The predicted molar refractivity (Wildman–Crippen MR) is 140 cm³/mol. The molecule has 0 heteroatoms. The summed E-state index contributed by atoms with van der Waals surface area (Å²) in [7, 11) is 0. The van der Waals surface area contributed by atoms with Gasteiger partial charge in [-0.2, -0.15) is 0 Å². The number of rotatable bonds is 16. The van der Waals surface area contributed by atoms with E-state index in [-0.39, 0.29) is 0 Å². The van der Waals surface area contributed by atoms with Crippen molar-refractivity contribution in [1.29, 1.82) is 0 Å². The minimum atomic E-state index is 0.818. The minimum Gasteiger partial charge on any atom is -0.0988 e. The predicted octanol–water partition coefficient (Wildman–Crippen LogP) is 10.5. The zero-order valence-electron chi connectivity index (χ0n) is 21.3. The summed E-state index contributed by atoms with van der Waals surface area (Å²) in [6, 6.07) is 0. The summed E-state index contributed by atoms with van der Waals surface area (Å²) in [5.41, 5.74) is 7.34. The molecule has 0 nitrogen and oxygen atoms in total. The van der Waals surface area contributed by atoms with Gasteiger partial charge in [0.25, 0.3) is 0 Å². The van der Waals surface area contributed by atoms with Crippen LogP contribution in [0.1, 0.15) is 113 Å². The lowest BCUT2D eigenvalue weighted by atomic mass is 10.0. The average Bonchev–Trinajstić information content (AvgIpc) is 2.66. The van der Waals surface area contributed by atoms with Gasteiger partial charge in [0, 0.05) is 0 Å². The molecule has 30 heavy (non-hydrogen) atoms. The Kier molecular flexibility index (Phi) is 17.3. The Morgan fingerprint density at radius 1 is 0.667 bits per heavy atom. The Morgan fingerprint density at radius 3 is 1.73 bits per heavy atom. The van der Waals surface area contributed by atoms with E-state index in [1.54, 1.807) is 5.57 Å². The number of hydrogen-bond acceptors (Lipinski definition) is 0. The summed E-state index contributed by atoms with van der Waals surface area (Å²) < 4.78 is 0. The maximum Gasteiger partial charge on any atom is -0.0164 e. The molecule has 0 unspecified atom stereocenters. The largest absolute Gasteiger partial charge is 0.0988 e. The third kappa shape index (κ3) is 18.5. The number of allylic oxidation sites excluding steroid dienone is 11. The molecule has 0 aliphatic carbocycles. The van der Waals surface area contributed by atoms with Crippen molar-refractivity contribution < 1.29 is 0 Å². The van der Waals surface area contributed by atoms with Crippen molar-refractivity contribution in [1.82, 2.24) is 0 Å². The lowest BCUT2D eigenvalue weighted by Crippen LogP contribution is -1.88. The standard InChI is InChI=1S/C30H50/c1-9-30(23-13-21-28(7)18-11-16-26(4)5)24-14-22-29(8)20-12-19-27(6)17-10-15-25(2)3/h9,15,19-21,24,26H,1,10-14,16-18,22-23H2,2-8H3. The van der Waals surface area contributed by atoms with Gasteiger partial charge in [-0.25, -0.2) is 0 Å². The quantitative estimate of drug-likeness (QED) is 0.175. The first-order valence-electron chi connectivity index (χ1n) is 12.2. The number of hydrogen-bond donors (Lipinski definition) is 0. The molecule has 0 amide bonds. The van der Waals surface area contributed by atoms with Crippen molar-refractivity contribution >= 4 is 0 Å². The molecule has 0 saturated heterocycles. The second-order valence-electron chi connectivity index (χ2n) is 9.55. The molecule has 0 rings (SSSR count). The van der Waals surface area contributed by atoms with Crippen molar-refractivity contribution in [2.75, 3.05) is 0 Å². The van der Waals surface area contributed by atoms with Crippen molar-refractivity contribution in [3.63, 3.8) is 0 Å². The van der Waals surface area contributed by atoms with Crippen LogP contribution in [0, 0.1) is 5.92 Å². The van der Waals surface area contributed by atoms with E-state index in [9.17, 15) is 0 Å². The summed E-state index contributed by atoms with van der Waals surface area (Å²) >= 11 is 0. The first-order valence-corrected chi connectivity index (χ1v) is 12.2. The van der Waals surface area contributed by atoms with Gasteiger partial charge >= 0.3 is 0 Å². The van der Waals surface area contributed by atoms with Crippen LogP contribution in [0.5, 0.6) is 0 Å². The molecule has 0 spiro atoms. The van der Waals surface area contributed by atoms with Crippen molar-refractivity contribution in [2.24, 2.45) is 5.92 Å². The summed E-state index contributed by atoms with van der Waals surface area (Å²) in [5.74, 6) is 0.818. The maximum absolute atomic E-state index is 4.01. The molecule has 0 aliphatic heterocycles. The van der Waals surface area contributed by atoms with Crippen LogP contribution in [-0.2, 0) is 0 Å². The smallest absolute Gasteiger partial charge is 0.0164 e. The van der Waals surface area contributed by atoms with Crippen LogP contribution >= 0.6 is 0 Å². The zero-order valence-corrected chi connectivity index (χ0v) is 21.3. The van der Waals surface area contributed by atoms with Gasteiger partial charge in [-0.3, -0.25) is 0 Å². The highest BCUT2D eigenvalue weighted by Crippen LogP contribution is 2.16. The monoisotopic (exact) mass is 410 g/mol. The van der Waals surface area contributed by atoms with E-state index >= 15 is 0 Å². The topological polar surface area (TPSA) is 0 Å². The summed E-state index contributed by atoms with van der Waals surface area (Å²) in [5, 5.41) is 0. The second-order valence-corrected chi connectivity index (χ2v) is 9.55. The molecule has 0 aromatic rings. The molecule has 0 radical (unpaired) electrons. The van der Waals surface area contributed by atoms with Crippen molar-refractivity contribution in [3.05, 3.63) is 70.9 Å². The molecule has 0 aliphatic rings. The van der Waals surface area contributed by atoms with Crippen molar-refractivity contribution in [2.45, 2.75) is 113 Å². The summed E-state index contributed by atoms with van der Waals surface area (Å²) in [6.45, 7) is 19.8. The second kappa shape index (κ2) is 18.2. The van der Waals surface area contributed by atoms with Gasteiger partial charge in [0.05, 0.1) is 0 Å². The van der Waals surface area contributed by atoms with Gasteiger partial charge in [-0.1, -0.05) is 91.2 Å². The SMILES string of the molecule is C=CC(=CCCC(C)=CCC=C(C)CCC=C(C)C)CCC=C(C)CCCC(C)C. The third-order valence-electron chi connectivity index (χ3n) is 5.51. The molecule has 0 fully saturated rings. The first-order chi connectivity index (χ1) is 14.2. The van der Waals surface area contributed by atoms with Crippen LogP contribution in [0.2, 0.25) is 0 Å². The van der Waals surface area contributed by atoms with E-state index in [0.717, 1.165) is 44.4 Å². The van der Waals surface area contributed by atoms with Crippen LogP contribution in [-0.4, -0.2) is 0 Å². The third-order valence-corrected chi connectivity index (χ3v) is 5.51. The molecule has 0 aromatic carbocycles. The van der Waals surface area contributed by atoms with E-state index in [1.807, 2.05) is 6.08 Å². The molecule has 0 N–H and O–H groups in total. The zero-order chi connectivity index (χ0) is 22.8. The lowest BCUT2D eigenvalue weighted by molar-refractivity contribution is 0.554. The van der Waals surface area contributed by atoms with Gasteiger partial charge in [0.15, 0.2) is 0 Å². The van der Waals surface area contributed by atoms with Gasteiger partial charge < -0.3 is 0 Å². The van der Waals surface area contributed by atoms with Gasteiger partial charge in [-0.15, -0.1) is 0 Å². The summed E-state index contributed by atoms with van der Waals surface area (Å²) in [6.07, 6.45) is 25.7. The molecule has 170 valence electrons. The van der Waals surface area contributed by atoms with E-state index in [0.29, 0.717) is 0 Å². The van der Waals surface area contributed by atoms with Crippen LogP contribution < -0.4 is 0 Å². The van der Waals surface area contributed by atoms with Gasteiger partial charge in [0.1, 0.15) is 0 Å². The normalized spacial score (nSPS) is 13.7. The summed E-state index contributed by atoms with van der Waals surface area (Å²) in [4.78, 5) is 0. The van der Waals surface area contributed by atoms with Crippen LogP contribution in [0.3, 0.4) is 0 Å². The van der Waals surface area contributed by atoms with Crippen LogP contribution in [0.4, 0.5) is 0 Å². The Hall–Kier alpha value is -1.56. The fourth-order valence-corrected chi connectivity index (χ4v) is 3.40. The van der Waals surface area contributed by atoms with Crippen molar-refractivity contribution in [3.8, 4) is 0 Å². The fourth-order valence-electron chi connectivity index (χ4n) is 3.40. The minimum absolute atomic E-state index is 0.818. The molecule has 0 aromatic heterocycles. The molecular weight excluding hydrogens is 360 g/mol.